The summed E-state index contributed by atoms with van der Waals surface area (Å²) in [5.41, 5.74) is 7.43. The van der Waals surface area contributed by atoms with E-state index in [1.165, 1.54) is 18.2 Å². The molecule has 0 fully saturated rings. The second kappa shape index (κ2) is 6.32. The molecular weight excluding hydrogens is 286 g/mol. The molecule has 5 nitrogen and oxygen atoms in total. The van der Waals surface area contributed by atoms with Gasteiger partial charge in [0.15, 0.2) is 0 Å². The number of rotatable bonds is 4. The van der Waals surface area contributed by atoms with Crippen molar-refractivity contribution in [1.82, 2.24) is 4.98 Å². The summed E-state index contributed by atoms with van der Waals surface area (Å²) in [6.45, 7) is 0. The zero-order valence-electron chi connectivity index (χ0n) is 11.7. The Bertz CT molecular complexity index is 688. The van der Waals surface area contributed by atoms with Gasteiger partial charge in [-0.15, -0.1) is 0 Å². The van der Waals surface area contributed by atoms with Gasteiger partial charge in [0.25, 0.3) is 5.91 Å². The van der Waals surface area contributed by atoms with Crippen LogP contribution < -0.4 is 15.4 Å². The molecule has 0 aliphatic rings. The van der Waals surface area contributed by atoms with Gasteiger partial charge in [-0.2, -0.15) is 0 Å². The summed E-state index contributed by atoms with van der Waals surface area (Å²) in [6.07, 6.45) is 3.05. The van der Waals surface area contributed by atoms with E-state index in [0.29, 0.717) is 22.6 Å². The van der Waals surface area contributed by atoms with Crippen LogP contribution in [-0.4, -0.2) is 30.0 Å². The summed E-state index contributed by atoms with van der Waals surface area (Å²) < 4.78 is 5.17. The number of amides is 1. The second-order valence-electron chi connectivity index (χ2n) is 4.32. The molecule has 1 heterocycles. The first-order chi connectivity index (χ1) is 10.1. The average Bonchev–Trinajstić information content (AvgIpc) is 2.53. The summed E-state index contributed by atoms with van der Waals surface area (Å²) >= 11 is 5.03. The summed E-state index contributed by atoms with van der Waals surface area (Å²) in [6, 6.07) is 8.83. The Balaban J connectivity index is 2.43. The fourth-order valence-corrected chi connectivity index (χ4v) is 2.16. The minimum Gasteiger partial charge on any atom is -0.494 e. The predicted octanol–water partition coefficient (Wildman–Crippen LogP) is 2.00. The van der Waals surface area contributed by atoms with Crippen LogP contribution >= 0.6 is 12.2 Å². The molecule has 0 saturated carbocycles. The first kappa shape index (κ1) is 14.9. The quantitative estimate of drug-likeness (QED) is 0.875. The number of carbonyl (C=O) groups is 1. The summed E-state index contributed by atoms with van der Waals surface area (Å²) in [5.74, 6) is 0.195. The fraction of sp³-hybridized carbons (Fsp3) is 0.133. The van der Waals surface area contributed by atoms with Gasteiger partial charge in [0.1, 0.15) is 10.7 Å². The lowest BCUT2D eigenvalue weighted by Crippen LogP contribution is -2.29. The molecule has 2 rings (SSSR count). The molecule has 0 spiro atoms. The number of ether oxygens (including phenoxy) is 1. The van der Waals surface area contributed by atoms with E-state index in [1.54, 1.807) is 31.4 Å². The van der Waals surface area contributed by atoms with E-state index in [4.69, 9.17) is 22.7 Å². The summed E-state index contributed by atoms with van der Waals surface area (Å²) in [5, 5.41) is 0. The smallest absolute Gasteiger partial charge is 0.261 e. The minimum absolute atomic E-state index is 0.224. The van der Waals surface area contributed by atoms with Gasteiger partial charge in [0.2, 0.25) is 0 Å². The molecule has 6 heteroatoms. The monoisotopic (exact) mass is 301 g/mol. The number of nitrogens with two attached hydrogens (primary N) is 1. The molecule has 1 aromatic heterocycles. The van der Waals surface area contributed by atoms with Crippen LogP contribution in [0.5, 0.6) is 5.75 Å². The van der Waals surface area contributed by atoms with Crippen molar-refractivity contribution in [2.45, 2.75) is 0 Å². The molecule has 0 saturated heterocycles. The maximum absolute atomic E-state index is 12.6. The molecule has 0 atom stereocenters. The third-order valence-corrected chi connectivity index (χ3v) is 3.29. The normalized spacial score (nSPS) is 10.0. The number of pyridine rings is 1. The third kappa shape index (κ3) is 3.00. The molecule has 0 unspecified atom stereocenters. The zero-order valence-corrected chi connectivity index (χ0v) is 12.6. The Labute approximate surface area is 128 Å². The van der Waals surface area contributed by atoms with Crippen LogP contribution in [0.2, 0.25) is 0 Å². The SMILES string of the molecule is COc1cnccc1C(=O)N(C)c1ccccc1C(N)=S. The van der Waals surface area contributed by atoms with E-state index in [2.05, 4.69) is 4.98 Å². The van der Waals surface area contributed by atoms with Crippen molar-refractivity contribution < 1.29 is 9.53 Å². The molecule has 0 aliphatic carbocycles. The number of aromatic nitrogens is 1. The lowest BCUT2D eigenvalue weighted by atomic mass is 10.1. The van der Waals surface area contributed by atoms with E-state index in [9.17, 15) is 4.79 Å². The molecule has 0 bridgehead atoms. The molecule has 0 radical (unpaired) electrons. The van der Waals surface area contributed by atoms with Crippen LogP contribution in [0.25, 0.3) is 0 Å². The third-order valence-electron chi connectivity index (χ3n) is 3.07. The standard InChI is InChI=1S/C15H15N3O2S/c1-18(12-6-4-3-5-10(12)14(16)21)15(19)11-7-8-17-9-13(11)20-2/h3-9H,1-2H3,(H2,16,21). The number of anilines is 1. The Kier molecular flexibility index (Phi) is 4.49. The Hall–Kier alpha value is -2.47. The topological polar surface area (TPSA) is 68.5 Å². The average molecular weight is 301 g/mol. The highest BCUT2D eigenvalue weighted by molar-refractivity contribution is 7.80. The molecular formula is C15H15N3O2S. The van der Waals surface area contributed by atoms with E-state index >= 15 is 0 Å². The molecule has 2 N–H and O–H groups in total. The second-order valence-corrected chi connectivity index (χ2v) is 4.76. The van der Waals surface area contributed by atoms with Crippen LogP contribution in [0.4, 0.5) is 5.69 Å². The van der Waals surface area contributed by atoms with Gasteiger partial charge in [-0.25, -0.2) is 0 Å². The van der Waals surface area contributed by atoms with E-state index in [-0.39, 0.29) is 10.9 Å². The van der Waals surface area contributed by atoms with Crippen molar-refractivity contribution in [2.75, 3.05) is 19.1 Å². The Morgan fingerprint density at radius 2 is 2.00 bits per heavy atom. The number of benzene rings is 1. The molecule has 2 aromatic rings. The highest BCUT2D eigenvalue weighted by Gasteiger charge is 2.20. The summed E-state index contributed by atoms with van der Waals surface area (Å²) in [4.78, 5) is 18.3. The van der Waals surface area contributed by atoms with Crippen LogP contribution in [0.15, 0.2) is 42.7 Å². The molecule has 1 aromatic carbocycles. The van der Waals surface area contributed by atoms with Crippen LogP contribution in [0.1, 0.15) is 15.9 Å². The molecule has 1 amide bonds. The predicted molar refractivity (Wildman–Crippen MR) is 85.9 cm³/mol. The van der Waals surface area contributed by atoms with Gasteiger partial charge in [0, 0.05) is 18.8 Å². The van der Waals surface area contributed by atoms with E-state index in [0.717, 1.165) is 0 Å². The van der Waals surface area contributed by atoms with Crippen LogP contribution in [-0.2, 0) is 0 Å². The number of nitrogens with zero attached hydrogens (tertiary/aromatic N) is 2. The number of methoxy groups -OCH3 is 1. The lowest BCUT2D eigenvalue weighted by Gasteiger charge is -2.21. The van der Waals surface area contributed by atoms with E-state index < -0.39 is 0 Å². The molecule has 0 aliphatic heterocycles. The van der Waals surface area contributed by atoms with Crippen molar-refractivity contribution >= 4 is 28.8 Å². The largest absolute Gasteiger partial charge is 0.494 e. The maximum atomic E-state index is 12.6. The number of para-hydroxylation sites is 1. The van der Waals surface area contributed by atoms with Gasteiger partial charge in [-0.1, -0.05) is 24.4 Å². The highest BCUT2D eigenvalue weighted by atomic mass is 32.1. The Morgan fingerprint density at radius 3 is 2.67 bits per heavy atom. The van der Waals surface area contributed by atoms with Gasteiger partial charge in [-0.05, 0) is 18.2 Å². The summed E-state index contributed by atoms with van der Waals surface area (Å²) in [7, 11) is 3.16. The van der Waals surface area contributed by atoms with Crippen LogP contribution in [0, 0.1) is 0 Å². The fourth-order valence-electron chi connectivity index (χ4n) is 1.98. The molecule has 21 heavy (non-hydrogen) atoms. The van der Waals surface area contributed by atoms with Crippen molar-refractivity contribution in [3.8, 4) is 5.75 Å². The van der Waals surface area contributed by atoms with Crippen molar-refractivity contribution in [3.63, 3.8) is 0 Å². The van der Waals surface area contributed by atoms with Crippen LogP contribution in [0.3, 0.4) is 0 Å². The number of hydrogen-bond donors (Lipinski definition) is 1. The van der Waals surface area contributed by atoms with Gasteiger partial charge >= 0.3 is 0 Å². The molecule has 108 valence electrons. The van der Waals surface area contributed by atoms with E-state index in [1.807, 2.05) is 12.1 Å². The van der Waals surface area contributed by atoms with Crippen molar-refractivity contribution in [2.24, 2.45) is 5.73 Å². The maximum Gasteiger partial charge on any atom is 0.261 e. The number of carbonyl (C=O) groups excluding carboxylic acids is 1. The minimum atomic E-state index is -0.224. The highest BCUT2D eigenvalue weighted by Crippen LogP contribution is 2.24. The van der Waals surface area contributed by atoms with Gasteiger partial charge < -0.3 is 15.4 Å². The lowest BCUT2D eigenvalue weighted by molar-refractivity contribution is 0.0990. The van der Waals surface area contributed by atoms with Gasteiger partial charge in [-0.3, -0.25) is 9.78 Å². The zero-order chi connectivity index (χ0) is 15.4. The van der Waals surface area contributed by atoms with Crippen molar-refractivity contribution in [1.29, 1.82) is 0 Å². The first-order valence-corrected chi connectivity index (χ1v) is 6.62. The number of hydrogen-bond acceptors (Lipinski definition) is 4. The number of thiocarbonyl (C=S) groups is 1. The first-order valence-electron chi connectivity index (χ1n) is 6.21. The van der Waals surface area contributed by atoms with Crippen molar-refractivity contribution in [3.05, 3.63) is 53.9 Å². The Morgan fingerprint density at radius 1 is 1.29 bits per heavy atom. The van der Waals surface area contributed by atoms with Gasteiger partial charge in [0.05, 0.1) is 24.6 Å².